The molecular formula is C15H21N3O. The number of aromatic nitrogens is 1. The summed E-state index contributed by atoms with van der Waals surface area (Å²) in [4.78, 5) is 11.9. The monoisotopic (exact) mass is 259 g/mol. The van der Waals surface area contributed by atoms with Gasteiger partial charge in [0.1, 0.15) is 6.54 Å². The summed E-state index contributed by atoms with van der Waals surface area (Å²) in [7, 11) is 1.93. The number of para-hydroxylation sites is 1. The van der Waals surface area contributed by atoms with Crippen LogP contribution >= 0.6 is 0 Å². The van der Waals surface area contributed by atoms with Crippen molar-refractivity contribution in [2.45, 2.75) is 33.0 Å². The van der Waals surface area contributed by atoms with E-state index in [2.05, 4.69) is 28.8 Å². The van der Waals surface area contributed by atoms with Crippen molar-refractivity contribution in [3.05, 3.63) is 36.0 Å². The minimum Gasteiger partial charge on any atom is -0.352 e. The lowest BCUT2D eigenvalue weighted by molar-refractivity contribution is -0.122. The molecule has 4 heteroatoms. The Kier molecular flexibility index (Phi) is 4.22. The molecule has 4 nitrogen and oxygen atoms in total. The molecule has 0 spiro atoms. The van der Waals surface area contributed by atoms with Crippen molar-refractivity contribution in [3.63, 3.8) is 0 Å². The zero-order valence-electron chi connectivity index (χ0n) is 11.7. The summed E-state index contributed by atoms with van der Waals surface area (Å²) in [6, 6.07) is 8.44. The van der Waals surface area contributed by atoms with Crippen molar-refractivity contribution in [3.8, 4) is 0 Å². The zero-order valence-corrected chi connectivity index (χ0v) is 11.7. The number of hydrogen-bond acceptors (Lipinski definition) is 2. The molecule has 0 aliphatic rings. The Balaban J connectivity index is 2.30. The molecule has 0 radical (unpaired) electrons. The average molecular weight is 259 g/mol. The van der Waals surface area contributed by atoms with E-state index in [-0.39, 0.29) is 11.9 Å². The van der Waals surface area contributed by atoms with E-state index in [0.717, 1.165) is 12.1 Å². The summed E-state index contributed by atoms with van der Waals surface area (Å²) in [5.41, 5.74) is 2.35. The van der Waals surface area contributed by atoms with E-state index in [1.807, 2.05) is 37.7 Å². The van der Waals surface area contributed by atoms with Gasteiger partial charge in [-0.05, 0) is 37.9 Å². The van der Waals surface area contributed by atoms with Crippen LogP contribution in [0.1, 0.15) is 19.4 Å². The van der Waals surface area contributed by atoms with E-state index >= 15 is 0 Å². The molecule has 0 fully saturated rings. The molecule has 19 heavy (non-hydrogen) atoms. The van der Waals surface area contributed by atoms with Crippen LogP contribution in [0.15, 0.2) is 30.5 Å². The maximum atomic E-state index is 11.9. The Labute approximate surface area is 113 Å². The standard InChI is InChI=1S/C15H21N3O/c1-11(2)17-14(19)10-18-8-7-12-5-4-6-13(9-16-3)15(12)18/h4-8,11,16H,9-10H2,1-3H3,(H,17,19). The van der Waals surface area contributed by atoms with Crippen LogP contribution in [0.3, 0.4) is 0 Å². The first-order chi connectivity index (χ1) is 9.11. The predicted molar refractivity (Wildman–Crippen MR) is 78.0 cm³/mol. The average Bonchev–Trinajstić information content (AvgIpc) is 2.73. The fourth-order valence-electron chi connectivity index (χ4n) is 2.33. The van der Waals surface area contributed by atoms with Crippen molar-refractivity contribution in [2.75, 3.05) is 7.05 Å². The first-order valence-corrected chi connectivity index (χ1v) is 6.62. The highest BCUT2D eigenvalue weighted by Crippen LogP contribution is 2.20. The van der Waals surface area contributed by atoms with E-state index in [9.17, 15) is 4.79 Å². The quantitative estimate of drug-likeness (QED) is 0.861. The van der Waals surface area contributed by atoms with Crippen LogP contribution in [0.5, 0.6) is 0 Å². The summed E-state index contributed by atoms with van der Waals surface area (Å²) in [5, 5.41) is 7.26. The van der Waals surface area contributed by atoms with Gasteiger partial charge in [-0.25, -0.2) is 0 Å². The van der Waals surface area contributed by atoms with Gasteiger partial charge < -0.3 is 15.2 Å². The van der Waals surface area contributed by atoms with Gasteiger partial charge in [-0.15, -0.1) is 0 Å². The van der Waals surface area contributed by atoms with Gasteiger partial charge in [0.2, 0.25) is 5.91 Å². The van der Waals surface area contributed by atoms with E-state index in [0.29, 0.717) is 6.54 Å². The number of nitrogens with zero attached hydrogens (tertiary/aromatic N) is 1. The fourth-order valence-corrected chi connectivity index (χ4v) is 2.33. The first kappa shape index (κ1) is 13.6. The van der Waals surface area contributed by atoms with Gasteiger partial charge in [0, 0.05) is 18.8 Å². The molecule has 1 amide bonds. The van der Waals surface area contributed by atoms with Crippen molar-refractivity contribution < 1.29 is 4.79 Å². The molecule has 102 valence electrons. The maximum absolute atomic E-state index is 11.9. The third-order valence-electron chi connectivity index (χ3n) is 3.00. The maximum Gasteiger partial charge on any atom is 0.240 e. The Morgan fingerprint density at radius 1 is 1.32 bits per heavy atom. The molecule has 0 aliphatic carbocycles. The van der Waals surface area contributed by atoms with Gasteiger partial charge in [-0.3, -0.25) is 4.79 Å². The highest BCUT2D eigenvalue weighted by molar-refractivity contribution is 5.85. The van der Waals surface area contributed by atoms with Gasteiger partial charge in [0.25, 0.3) is 0 Å². The number of fused-ring (bicyclic) bond motifs is 1. The summed E-state index contributed by atoms with van der Waals surface area (Å²) >= 11 is 0. The lowest BCUT2D eigenvalue weighted by Gasteiger charge is -2.12. The summed E-state index contributed by atoms with van der Waals surface area (Å²) in [6.45, 7) is 5.10. The largest absolute Gasteiger partial charge is 0.352 e. The molecule has 0 saturated carbocycles. The minimum absolute atomic E-state index is 0.0479. The summed E-state index contributed by atoms with van der Waals surface area (Å²) in [6.07, 6.45) is 1.98. The number of hydrogen-bond donors (Lipinski definition) is 2. The first-order valence-electron chi connectivity index (χ1n) is 6.62. The van der Waals surface area contributed by atoms with Crippen molar-refractivity contribution in [2.24, 2.45) is 0 Å². The molecule has 0 saturated heterocycles. The van der Waals surface area contributed by atoms with Gasteiger partial charge in [0.15, 0.2) is 0 Å². The third-order valence-corrected chi connectivity index (χ3v) is 3.00. The van der Waals surface area contributed by atoms with Crippen molar-refractivity contribution in [1.29, 1.82) is 0 Å². The summed E-state index contributed by atoms with van der Waals surface area (Å²) < 4.78 is 2.01. The van der Waals surface area contributed by atoms with Crippen LogP contribution in [0.4, 0.5) is 0 Å². The molecule has 1 heterocycles. The second-order valence-electron chi connectivity index (χ2n) is 5.05. The SMILES string of the molecule is CNCc1cccc2ccn(CC(=O)NC(C)C)c12. The summed E-state index contributed by atoms with van der Waals surface area (Å²) in [5.74, 6) is 0.0479. The van der Waals surface area contributed by atoms with Gasteiger partial charge >= 0.3 is 0 Å². The highest BCUT2D eigenvalue weighted by Gasteiger charge is 2.09. The fraction of sp³-hybridized carbons (Fsp3) is 0.400. The molecule has 1 aromatic carbocycles. The van der Waals surface area contributed by atoms with Crippen LogP contribution in [0, 0.1) is 0 Å². The molecule has 0 aliphatic heterocycles. The van der Waals surface area contributed by atoms with Crippen molar-refractivity contribution >= 4 is 16.8 Å². The van der Waals surface area contributed by atoms with Crippen LogP contribution < -0.4 is 10.6 Å². The smallest absolute Gasteiger partial charge is 0.240 e. The van der Waals surface area contributed by atoms with Gasteiger partial charge in [-0.2, -0.15) is 0 Å². The lowest BCUT2D eigenvalue weighted by Crippen LogP contribution is -2.33. The Bertz CT molecular complexity index is 572. The van der Waals surface area contributed by atoms with E-state index in [4.69, 9.17) is 0 Å². The molecular weight excluding hydrogens is 238 g/mol. The van der Waals surface area contributed by atoms with E-state index in [1.54, 1.807) is 0 Å². The van der Waals surface area contributed by atoms with Crippen LogP contribution in [-0.4, -0.2) is 23.6 Å². The molecule has 2 N–H and O–H groups in total. The number of carbonyl (C=O) groups excluding carboxylic acids is 1. The molecule has 0 atom stereocenters. The second kappa shape index (κ2) is 5.89. The van der Waals surface area contributed by atoms with Crippen molar-refractivity contribution in [1.82, 2.24) is 15.2 Å². The Hall–Kier alpha value is -1.81. The second-order valence-corrected chi connectivity index (χ2v) is 5.05. The Morgan fingerprint density at radius 3 is 2.79 bits per heavy atom. The number of carbonyl (C=O) groups is 1. The van der Waals surface area contributed by atoms with E-state index in [1.165, 1.54) is 10.9 Å². The zero-order chi connectivity index (χ0) is 13.8. The molecule has 0 unspecified atom stereocenters. The third kappa shape index (κ3) is 3.15. The molecule has 2 aromatic rings. The molecule has 2 rings (SSSR count). The van der Waals surface area contributed by atoms with Crippen LogP contribution in [-0.2, 0) is 17.9 Å². The Morgan fingerprint density at radius 2 is 2.11 bits per heavy atom. The highest BCUT2D eigenvalue weighted by atomic mass is 16.2. The number of nitrogens with one attached hydrogen (secondary N) is 2. The predicted octanol–water partition coefficient (Wildman–Crippen LogP) is 1.89. The topological polar surface area (TPSA) is 46.1 Å². The van der Waals surface area contributed by atoms with Crippen LogP contribution in [0.25, 0.3) is 10.9 Å². The van der Waals surface area contributed by atoms with E-state index < -0.39 is 0 Å². The molecule has 0 bridgehead atoms. The lowest BCUT2D eigenvalue weighted by atomic mass is 10.1. The minimum atomic E-state index is 0.0479. The van der Waals surface area contributed by atoms with Crippen LogP contribution in [0.2, 0.25) is 0 Å². The normalized spacial score (nSPS) is 11.2. The molecule has 1 aromatic heterocycles. The van der Waals surface area contributed by atoms with Gasteiger partial charge in [0.05, 0.1) is 5.52 Å². The number of amides is 1. The number of rotatable bonds is 5. The number of benzene rings is 1. The van der Waals surface area contributed by atoms with Gasteiger partial charge in [-0.1, -0.05) is 18.2 Å².